The highest BCUT2D eigenvalue weighted by Crippen LogP contribution is 2.28. The van der Waals surface area contributed by atoms with E-state index in [9.17, 15) is 5.11 Å². The Morgan fingerprint density at radius 2 is 1.95 bits per heavy atom. The lowest BCUT2D eigenvalue weighted by Gasteiger charge is -2.26. The molecule has 3 heteroatoms. The Kier molecular flexibility index (Phi) is 4.15. The Labute approximate surface area is 115 Å². The lowest BCUT2D eigenvalue weighted by molar-refractivity contribution is 0.193. The number of nitrogens with zero attached hydrogens (tertiary/aromatic N) is 2. The minimum absolute atomic E-state index is 0.243. The number of aliphatic hydroxyl groups is 1. The van der Waals surface area contributed by atoms with Crippen LogP contribution in [-0.4, -0.2) is 29.9 Å². The summed E-state index contributed by atoms with van der Waals surface area (Å²) in [7, 11) is 4.18. The molecule has 3 nitrogen and oxygen atoms in total. The van der Waals surface area contributed by atoms with Gasteiger partial charge in [-0.1, -0.05) is 32.0 Å². The highest BCUT2D eigenvalue weighted by Gasteiger charge is 2.17. The third-order valence-corrected chi connectivity index (χ3v) is 3.97. The van der Waals surface area contributed by atoms with Crippen LogP contribution in [0.1, 0.15) is 13.8 Å². The van der Waals surface area contributed by atoms with Gasteiger partial charge in [0.2, 0.25) is 0 Å². The maximum absolute atomic E-state index is 9.48. The minimum atomic E-state index is 0.243. The molecule has 0 spiro atoms. The van der Waals surface area contributed by atoms with Crippen molar-refractivity contribution in [3.63, 3.8) is 0 Å². The van der Waals surface area contributed by atoms with Gasteiger partial charge in [-0.25, -0.2) is 0 Å². The number of rotatable bonds is 5. The zero-order valence-electron chi connectivity index (χ0n) is 12.3. The molecule has 0 saturated heterocycles. The van der Waals surface area contributed by atoms with Gasteiger partial charge in [0.1, 0.15) is 0 Å². The predicted octanol–water partition coefficient (Wildman–Crippen LogP) is 2.88. The SMILES string of the molecule is CC(C)C(CO)CN(C)c1cn(C)c2ccccc12. The average Bonchev–Trinajstić information content (AvgIpc) is 2.73. The zero-order valence-corrected chi connectivity index (χ0v) is 12.3. The minimum Gasteiger partial charge on any atom is -0.396 e. The van der Waals surface area contributed by atoms with Crippen LogP contribution in [-0.2, 0) is 7.05 Å². The first-order valence-electron chi connectivity index (χ1n) is 6.90. The molecule has 19 heavy (non-hydrogen) atoms. The van der Waals surface area contributed by atoms with E-state index in [-0.39, 0.29) is 6.61 Å². The molecule has 0 aliphatic carbocycles. The second kappa shape index (κ2) is 5.66. The lowest BCUT2D eigenvalue weighted by Crippen LogP contribution is -2.30. The van der Waals surface area contributed by atoms with E-state index < -0.39 is 0 Å². The summed E-state index contributed by atoms with van der Waals surface area (Å²) in [6.45, 7) is 5.45. The smallest absolute Gasteiger partial charge is 0.0623 e. The number of benzene rings is 1. The molecule has 2 aromatic rings. The number of aliphatic hydroxyl groups excluding tert-OH is 1. The van der Waals surface area contributed by atoms with E-state index in [1.807, 2.05) is 0 Å². The maximum atomic E-state index is 9.48. The largest absolute Gasteiger partial charge is 0.396 e. The van der Waals surface area contributed by atoms with Gasteiger partial charge in [-0.3, -0.25) is 0 Å². The first-order chi connectivity index (χ1) is 9.04. The Hall–Kier alpha value is -1.48. The van der Waals surface area contributed by atoms with Crippen LogP contribution in [0.5, 0.6) is 0 Å². The zero-order chi connectivity index (χ0) is 14.0. The summed E-state index contributed by atoms with van der Waals surface area (Å²) in [6.07, 6.45) is 2.17. The Bertz CT molecular complexity index is 545. The number of hydrogen-bond acceptors (Lipinski definition) is 2. The molecule has 1 aromatic carbocycles. The van der Waals surface area contributed by atoms with Gasteiger partial charge in [-0.2, -0.15) is 0 Å². The van der Waals surface area contributed by atoms with Crippen LogP contribution < -0.4 is 4.90 Å². The number of fused-ring (bicyclic) bond motifs is 1. The fourth-order valence-electron chi connectivity index (χ4n) is 2.55. The number of anilines is 1. The number of aromatic nitrogens is 1. The van der Waals surface area contributed by atoms with Crippen molar-refractivity contribution in [3.8, 4) is 0 Å². The van der Waals surface area contributed by atoms with Crippen molar-refractivity contribution < 1.29 is 5.11 Å². The third kappa shape index (κ3) is 2.76. The molecule has 1 unspecified atom stereocenters. The van der Waals surface area contributed by atoms with Gasteiger partial charge in [0.05, 0.1) is 5.69 Å². The van der Waals surface area contributed by atoms with Crippen LogP contribution in [0, 0.1) is 11.8 Å². The van der Waals surface area contributed by atoms with Gasteiger partial charge < -0.3 is 14.6 Å². The van der Waals surface area contributed by atoms with Crippen molar-refractivity contribution in [1.82, 2.24) is 4.57 Å². The Morgan fingerprint density at radius 3 is 2.58 bits per heavy atom. The van der Waals surface area contributed by atoms with E-state index in [4.69, 9.17) is 0 Å². The van der Waals surface area contributed by atoms with Gasteiger partial charge >= 0.3 is 0 Å². The number of aryl methyl sites for hydroxylation is 1. The molecule has 1 atom stereocenters. The van der Waals surface area contributed by atoms with Crippen molar-refractivity contribution in [2.45, 2.75) is 13.8 Å². The van der Waals surface area contributed by atoms with Crippen LogP contribution in [0.3, 0.4) is 0 Å². The van der Waals surface area contributed by atoms with E-state index in [0.29, 0.717) is 11.8 Å². The van der Waals surface area contributed by atoms with Crippen LogP contribution >= 0.6 is 0 Å². The van der Waals surface area contributed by atoms with Gasteiger partial charge in [0.25, 0.3) is 0 Å². The van der Waals surface area contributed by atoms with E-state index in [1.165, 1.54) is 16.6 Å². The van der Waals surface area contributed by atoms with Crippen molar-refractivity contribution in [2.75, 3.05) is 25.1 Å². The lowest BCUT2D eigenvalue weighted by atomic mass is 9.96. The number of para-hydroxylation sites is 1. The molecular weight excluding hydrogens is 236 g/mol. The fourth-order valence-corrected chi connectivity index (χ4v) is 2.55. The second-order valence-electron chi connectivity index (χ2n) is 5.71. The summed E-state index contributed by atoms with van der Waals surface area (Å²) in [5, 5.41) is 10.8. The monoisotopic (exact) mass is 260 g/mol. The van der Waals surface area contributed by atoms with E-state index in [2.05, 4.69) is 67.9 Å². The van der Waals surface area contributed by atoms with Gasteiger partial charge in [0, 0.05) is 50.3 Å². The summed E-state index contributed by atoms with van der Waals surface area (Å²) in [4.78, 5) is 2.25. The standard InChI is InChI=1S/C16H24N2O/c1-12(2)13(11-19)9-17(3)16-10-18(4)15-8-6-5-7-14(15)16/h5-8,10,12-13,19H,9,11H2,1-4H3. The molecule has 0 bridgehead atoms. The molecule has 0 amide bonds. The third-order valence-electron chi connectivity index (χ3n) is 3.97. The molecular formula is C16H24N2O. The topological polar surface area (TPSA) is 28.4 Å². The first-order valence-corrected chi connectivity index (χ1v) is 6.90. The van der Waals surface area contributed by atoms with Crippen molar-refractivity contribution in [2.24, 2.45) is 18.9 Å². The van der Waals surface area contributed by atoms with Crippen molar-refractivity contribution in [3.05, 3.63) is 30.5 Å². The highest BCUT2D eigenvalue weighted by molar-refractivity contribution is 5.93. The normalized spacial score (nSPS) is 13.2. The molecule has 0 aliphatic rings. The molecule has 0 fully saturated rings. The molecule has 1 aromatic heterocycles. The summed E-state index contributed by atoms with van der Waals surface area (Å²) in [5.41, 5.74) is 2.48. The molecule has 1 heterocycles. The van der Waals surface area contributed by atoms with E-state index in [0.717, 1.165) is 6.54 Å². The van der Waals surface area contributed by atoms with Crippen LogP contribution in [0.2, 0.25) is 0 Å². The predicted molar refractivity (Wildman–Crippen MR) is 81.6 cm³/mol. The molecule has 0 saturated carbocycles. The quantitative estimate of drug-likeness (QED) is 0.895. The Balaban J connectivity index is 2.29. The average molecular weight is 260 g/mol. The summed E-state index contributed by atoms with van der Waals surface area (Å²) in [5.74, 6) is 0.798. The molecule has 0 aliphatic heterocycles. The van der Waals surface area contributed by atoms with Crippen LogP contribution in [0.4, 0.5) is 5.69 Å². The summed E-state index contributed by atoms with van der Waals surface area (Å²) < 4.78 is 2.16. The Morgan fingerprint density at radius 1 is 1.26 bits per heavy atom. The van der Waals surface area contributed by atoms with Crippen molar-refractivity contribution >= 4 is 16.6 Å². The van der Waals surface area contributed by atoms with Gasteiger partial charge in [-0.05, 0) is 12.0 Å². The molecule has 2 rings (SSSR count). The van der Waals surface area contributed by atoms with Gasteiger partial charge in [-0.15, -0.1) is 0 Å². The second-order valence-corrected chi connectivity index (χ2v) is 5.71. The van der Waals surface area contributed by atoms with E-state index >= 15 is 0 Å². The van der Waals surface area contributed by atoms with Crippen LogP contribution in [0.25, 0.3) is 10.9 Å². The molecule has 0 radical (unpaired) electrons. The van der Waals surface area contributed by atoms with Gasteiger partial charge in [0.15, 0.2) is 0 Å². The number of hydrogen-bond donors (Lipinski definition) is 1. The fraction of sp³-hybridized carbons (Fsp3) is 0.500. The highest BCUT2D eigenvalue weighted by atomic mass is 16.3. The molecule has 104 valence electrons. The van der Waals surface area contributed by atoms with E-state index in [1.54, 1.807) is 0 Å². The summed E-state index contributed by atoms with van der Waals surface area (Å²) >= 11 is 0. The first kappa shape index (κ1) is 13.9. The summed E-state index contributed by atoms with van der Waals surface area (Å²) in [6, 6.07) is 8.44. The van der Waals surface area contributed by atoms with Crippen LogP contribution in [0.15, 0.2) is 30.5 Å². The maximum Gasteiger partial charge on any atom is 0.0623 e. The molecule has 1 N–H and O–H groups in total. The van der Waals surface area contributed by atoms with Crippen molar-refractivity contribution in [1.29, 1.82) is 0 Å².